The second-order valence-electron chi connectivity index (χ2n) is 5.29. The minimum Gasteiger partial charge on any atom is -0.489 e. The molecule has 0 aliphatic carbocycles. The Morgan fingerprint density at radius 3 is 2.83 bits per heavy atom. The summed E-state index contributed by atoms with van der Waals surface area (Å²) >= 11 is 1.47. The van der Waals surface area contributed by atoms with Crippen molar-refractivity contribution in [2.24, 2.45) is 5.73 Å². The number of carbonyl (C=O) groups excluding carboxylic acids is 1. The van der Waals surface area contributed by atoms with Gasteiger partial charge in [-0.15, -0.1) is 11.3 Å². The fourth-order valence-corrected chi connectivity index (χ4v) is 3.30. The molecule has 24 heavy (non-hydrogen) atoms. The highest BCUT2D eigenvalue weighted by Gasteiger charge is 2.07. The number of fused-ring (bicyclic) bond motifs is 1. The van der Waals surface area contributed by atoms with Crippen LogP contribution in [0.4, 0.5) is 0 Å². The Bertz CT molecular complexity index is 918. The summed E-state index contributed by atoms with van der Waals surface area (Å²) in [6.07, 6.45) is 0. The Morgan fingerprint density at radius 1 is 1.25 bits per heavy atom. The summed E-state index contributed by atoms with van der Waals surface area (Å²) in [5.41, 5.74) is 7.06. The zero-order valence-electron chi connectivity index (χ0n) is 13.1. The Morgan fingerprint density at radius 2 is 2.08 bits per heavy atom. The molecule has 4 N–H and O–H groups in total. The summed E-state index contributed by atoms with van der Waals surface area (Å²) in [4.78, 5) is 12.4. The minimum atomic E-state index is -0.117. The van der Waals surface area contributed by atoms with E-state index in [2.05, 4.69) is 5.32 Å². The monoisotopic (exact) mass is 339 g/mol. The molecule has 0 fully saturated rings. The molecule has 3 rings (SSSR count). The highest BCUT2D eigenvalue weighted by Crippen LogP contribution is 2.29. The molecule has 6 heteroatoms. The van der Waals surface area contributed by atoms with Gasteiger partial charge in [0, 0.05) is 17.3 Å². The Labute approximate surface area is 143 Å². The van der Waals surface area contributed by atoms with Gasteiger partial charge in [-0.25, -0.2) is 0 Å². The van der Waals surface area contributed by atoms with Gasteiger partial charge in [-0.1, -0.05) is 12.1 Å². The van der Waals surface area contributed by atoms with E-state index in [0.29, 0.717) is 12.2 Å². The average molecular weight is 339 g/mol. The first kappa shape index (κ1) is 16.0. The smallest absolute Gasteiger partial charge is 0.251 e. The van der Waals surface area contributed by atoms with Gasteiger partial charge in [0.1, 0.15) is 18.2 Å². The number of carbonyl (C=O) groups is 1. The molecule has 1 amide bonds. The van der Waals surface area contributed by atoms with E-state index in [4.69, 9.17) is 15.9 Å². The number of ether oxygens (including phenoxy) is 1. The summed E-state index contributed by atoms with van der Waals surface area (Å²) in [6.45, 7) is 0.376. The van der Waals surface area contributed by atoms with Crippen LogP contribution in [-0.2, 0) is 6.61 Å². The number of benzene rings is 2. The molecule has 0 unspecified atom stereocenters. The molecule has 0 aliphatic rings. The average Bonchev–Trinajstić information content (AvgIpc) is 3.03. The quantitative estimate of drug-likeness (QED) is 0.493. The lowest BCUT2D eigenvalue weighted by Gasteiger charge is -2.08. The first-order chi connectivity index (χ1) is 11.6. The molecule has 122 valence electrons. The van der Waals surface area contributed by atoms with Crippen molar-refractivity contribution < 1.29 is 9.53 Å². The second-order valence-corrected chi connectivity index (χ2v) is 6.38. The van der Waals surface area contributed by atoms with Crippen molar-refractivity contribution in [3.05, 3.63) is 64.5 Å². The number of hydrogen-bond acceptors (Lipinski definition) is 4. The van der Waals surface area contributed by atoms with Crippen LogP contribution >= 0.6 is 11.3 Å². The van der Waals surface area contributed by atoms with Gasteiger partial charge in [0.05, 0.1) is 4.88 Å². The van der Waals surface area contributed by atoms with Crippen molar-refractivity contribution in [1.82, 2.24) is 5.32 Å². The third-order valence-corrected chi connectivity index (χ3v) is 4.71. The SMILES string of the molecule is CNC(=O)c1cccc(COc2ccc3cc(C(=N)N)sc3c2)c1. The maximum Gasteiger partial charge on any atom is 0.251 e. The number of amides is 1. The molecule has 2 aromatic carbocycles. The molecule has 0 saturated carbocycles. The van der Waals surface area contributed by atoms with Crippen molar-refractivity contribution in [3.8, 4) is 5.75 Å². The summed E-state index contributed by atoms with van der Waals surface area (Å²) in [5.74, 6) is 0.697. The Kier molecular flexibility index (Phi) is 4.48. The van der Waals surface area contributed by atoms with Crippen LogP contribution in [0.5, 0.6) is 5.75 Å². The van der Waals surface area contributed by atoms with Gasteiger partial charge < -0.3 is 15.8 Å². The lowest BCUT2D eigenvalue weighted by molar-refractivity contribution is 0.0963. The van der Waals surface area contributed by atoms with Gasteiger partial charge in [-0.2, -0.15) is 0 Å². The predicted octanol–water partition coefficient (Wildman–Crippen LogP) is 3.12. The number of nitrogens with one attached hydrogen (secondary N) is 2. The topological polar surface area (TPSA) is 88.2 Å². The van der Waals surface area contributed by atoms with Gasteiger partial charge in [-0.3, -0.25) is 10.2 Å². The van der Waals surface area contributed by atoms with E-state index in [1.165, 1.54) is 11.3 Å². The van der Waals surface area contributed by atoms with Crippen LogP contribution in [-0.4, -0.2) is 18.8 Å². The summed E-state index contributed by atoms with van der Waals surface area (Å²) < 4.78 is 6.85. The van der Waals surface area contributed by atoms with Crippen LogP contribution in [0.2, 0.25) is 0 Å². The number of hydrogen-bond donors (Lipinski definition) is 3. The van der Waals surface area contributed by atoms with E-state index < -0.39 is 0 Å². The van der Waals surface area contributed by atoms with Crippen molar-refractivity contribution in [2.45, 2.75) is 6.61 Å². The number of rotatable bonds is 5. The highest BCUT2D eigenvalue weighted by molar-refractivity contribution is 7.20. The van der Waals surface area contributed by atoms with E-state index in [-0.39, 0.29) is 11.7 Å². The lowest BCUT2D eigenvalue weighted by Crippen LogP contribution is -2.17. The van der Waals surface area contributed by atoms with E-state index in [0.717, 1.165) is 26.3 Å². The number of nitrogen functional groups attached to an aromatic ring is 1. The largest absolute Gasteiger partial charge is 0.489 e. The summed E-state index contributed by atoms with van der Waals surface area (Å²) in [6, 6.07) is 15.0. The molecule has 0 saturated heterocycles. The Balaban J connectivity index is 1.75. The summed E-state index contributed by atoms with van der Waals surface area (Å²) in [7, 11) is 1.61. The van der Waals surface area contributed by atoms with Crippen molar-refractivity contribution >= 4 is 33.2 Å². The third-order valence-electron chi connectivity index (χ3n) is 3.58. The van der Waals surface area contributed by atoms with Gasteiger partial charge in [0.15, 0.2) is 0 Å². The molecule has 0 spiro atoms. The lowest BCUT2D eigenvalue weighted by atomic mass is 10.1. The van der Waals surface area contributed by atoms with E-state index in [9.17, 15) is 4.79 Å². The molecular weight excluding hydrogens is 322 g/mol. The zero-order chi connectivity index (χ0) is 17.1. The van der Waals surface area contributed by atoms with Gasteiger partial charge in [0.25, 0.3) is 5.91 Å². The second kappa shape index (κ2) is 6.72. The molecule has 5 nitrogen and oxygen atoms in total. The van der Waals surface area contributed by atoms with Crippen LogP contribution in [0.25, 0.3) is 10.1 Å². The van der Waals surface area contributed by atoms with Crippen LogP contribution < -0.4 is 15.8 Å². The molecule has 1 aromatic heterocycles. The molecule has 1 heterocycles. The maximum absolute atomic E-state index is 11.7. The fraction of sp³-hybridized carbons (Fsp3) is 0.111. The predicted molar refractivity (Wildman–Crippen MR) is 97.0 cm³/mol. The van der Waals surface area contributed by atoms with Crippen LogP contribution in [0.1, 0.15) is 20.8 Å². The first-order valence-electron chi connectivity index (χ1n) is 7.38. The summed E-state index contributed by atoms with van der Waals surface area (Å²) in [5, 5.41) is 11.2. The van der Waals surface area contributed by atoms with Crippen molar-refractivity contribution in [2.75, 3.05) is 7.05 Å². The van der Waals surface area contributed by atoms with Crippen LogP contribution in [0.15, 0.2) is 48.5 Å². The van der Waals surface area contributed by atoms with Crippen molar-refractivity contribution in [1.29, 1.82) is 5.41 Å². The van der Waals surface area contributed by atoms with Crippen LogP contribution in [0.3, 0.4) is 0 Å². The molecule has 0 aliphatic heterocycles. The standard InChI is InChI=1S/C18H17N3O2S/c1-21-18(22)13-4-2-3-11(7-13)10-23-14-6-5-12-8-16(17(19)20)24-15(12)9-14/h2-9H,10H2,1H3,(H3,19,20)(H,21,22). The molecule has 0 radical (unpaired) electrons. The minimum absolute atomic E-state index is 0.0738. The number of nitrogens with two attached hydrogens (primary N) is 1. The zero-order valence-corrected chi connectivity index (χ0v) is 13.9. The van der Waals surface area contributed by atoms with E-state index >= 15 is 0 Å². The maximum atomic E-state index is 11.7. The van der Waals surface area contributed by atoms with Crippen molar-refractivity contribution in [3.63, 3.8) is 0 Å². The fourth-order valence-electron chi connectivity index (χ4n) is 2.35. The molecular formula is C18H17N3O2S. The number of thiophene rings is 1. The van der Waals surface area contributed by atoms with Gasteiger partial charge >= 0.3 is 0 Å². The molecule has 0 bridgehead atoms. The first-order valence-corrected chi connectivity index (χ1v) is 8.20. The highest BCUT2D eigenvalue weighted by atomic mass is 32.1. The normalized spacial score (nSPS) is 10.5. The van der Waals surface area contributed by atoms with Gasteiger partial charge in [0.2, 0.25) is 0 Å². The third kappa shape index (κ3) is 3.38. The van der Waals surface area contributed by atoms with E-state index in [1.54, 1.807) is 13.1 Å². The number of amidine groups is 1. The van der Waals surface area contributed by atoms with Gasteiger partial charge in [-0.05, 0) is 47.3 Å². The molecule has 0 atom stereocenters. The molecule has 3 aromatic rings. The van der Waals surface area contributed by atoms with Crippen LogP contribution in [0, 0.1) is 5.41 Å². The Hall–Kier alpha value is -2.86. The van der Waals surface area contributed by atoms with E-state index in [1.807, 2.05) is 42.5 Å².